The van der Waals surface area contributed by atoms with Gasteiger partial charge in [0.2, 0.25) is 0 Å². The zero-order valence-corrected chi connectivity index (χ0v) is 15.2. The molecule has 0 bridgehead atoms. The lowest BCUT2D eigenvalue weighted by atomic mass is 9.90. The Balaban J connectivity index is 1.39. The van der Waals surface area contributed by atoms with Crippen molar-refractivity contribution in [2.45, 2.75) is 50.4 Å². The largest absolute Gasteiger partial charge is 0.387 e. The van der Waals surface area contributed by atoms with Crippen molar-refractivity contribution in [3.8, 4) is 0 Å². The second-order valence-corrected chi connectivity index (χ2v) is 7.67. The van der Waals surface area contributed by atoms with Crippen molar-refractivity contribution in [2.24, 2.45) is 0 Å². The van der Waals surface area contributed by atoms with Crippen LogP contribution in [0.4, 0.5) is 0 Å². The number of thiophene rings is 1. The summed E-state index contributed by atoms with van der Waals surface area (Å²) in [6.07, 6.45) is 4.47. The molecule has 1 atom stereocenters. The Kier molecular flexibility index (Phi) is 6.44. The number of aliphatic hydroxyl groups is 1. The molecule has 3 rings (SSSR count). The van der Waals surface area contributed by atoms with Gasteiger partial charge < -0.3 is 10.4 Å². The number of nitrogens with zero attached hydrogens (tertiary/aromatic N) is 1. The highest BCUT2D eigenvalue weighted by atomic mass is 32.1. The van der Waals surface area contributed by atoms with Gasteiger partial charge in [0.15, 0.2) is 0 Å². The lowest BCUT2D eigenvalue weighted by molar-refractivity contribution is 0.145. The summed E-state index contributed by atoms with van der Waals surface area (Å²) in [5.74, 6) is 0. The van der Waals surface area contributed by atoms with Gasteiger partial charge in [0.1, 0.15) is 0 Å². The molecule has 0 radical (unpaired) electrons. The van der Waals surface area contributed by atoms with E-state index in [-0.39, 0.29) is 6.10 Å². The SMILES string of the molecule is CN(Cc1ccccc1)C1CCC(NC[C@H](O)c2ccsc2)CC1. The van der Waals surface area contributed by atoms with E-state index in [0.29, 0.717) is 18.6 Å². The first-order chi connectivity index (χ1) is 11.7. The van der Waals surface area contributed by atoms with E-state index >= 15 is 0 Å². The van der Waals surface area contributed by atoms with Crippen LogP contribution in [0.2, 0.25) is 0 Å². The highest BCUT2D eigenvalue weighted by molar-refractivity contribution is 7.07. The predicted octanol–water partition coefficient (Wildman–Crippen LogP) is 3.81. The minimum absolute atomic E-state index is 0.380. The number of rotatable bonds is 7. The molecule has 0 spiro atoms. The van der Waals surface area contributed by atoms with Gasteiger partial charge >= 0.3 is 0 Å². The van der Waals surface area contributed by atoms with E-state index in [1.165, 1.54) is 31.2 Å². The lowest BCUT2D eigenvalue weighted by Gasteiger charge is -2.35. The van der Waals surface area contributed by atoms with Gasteiger partial charge in [0.05, 0.1) is 6.10 Å². The molecule has 2 aromatic rings. The van der Waals surface area contributed by atoms with Gasteiger partial charge in [-0.25, -0.2) is 0 Å². The molecule has 3 nitrogen and oxygen atoms in total. The Labute approximate surface area is 149 Å². The molecule has 1 aliphatic carbocycles. The van der Waals surface area contributed by atoms with Gasteiger partial charge in [0.25, 0.3) is 0 Å². The highest BCUT2D eigenvalue weighted by Crippen LogP contribution is 2.24. The molecule has 24 heavy (non-hydrogen) atoms. The van der Waals surface area contributed by atoms with Crippen LogP contribution >= 0.6 is 11.3 Å². The third-order valence-electron chi connectivity index (χ3n) is 5.12. The van der Waals surface area contributed by atoms with E-state index in [1.54, 1.807) is 11.3 Å². The fourth-order valence-electron chi connectivity index (χ4n) is 3.58. The van der Waals surface area contributed by atoms with E-state index in [1.807, 2.05) is 16.8 Å². The van der Waals surface area contributed by atoms with Crippen molar-refractivity contribution in [3.63, 3.8) is 0 Å². The van der Waals surface area contributed by atoms with Crippen molar-refractivity contribution < 1.29 is 5.11 Å². The Morgan fingerprint density at radius 2 is 1.92 bits per heavy atom. The van der Waals surface area contributed by atoms with Crippen LogP contribution in [0.25, 0.3) is 0 Å². The summed E-state index contributed by atoms with van der Waals surface area (Å²) < 4.78 is 0. The molecule has 2 N–H and O–H groups in total. The molecule has 1 fully saturated rings. The maximum atomic E-state index is 10.2. The molecule has 0 unspecified atom stereocenters. The number of benzene rings is 1. The monoisotopic (exact) mass is 344 g/mol. The normalized spacial score (nSPS) is 22.6. The van der Waals surface area contributed by atoms with Crippen molar-refractivity contribution >= 4 is 11.3 Å². The van der Waals surface area contributed by atoms with Crippen molar-refractivity contribution in [1.82, 2.24) is 10.2 Å². The van der Waals surface area contributed by atoms with E-state index in [0.717, 1.165) is 12.1 Å². The number of aliphatic hydroxyl groups excluding tert-OH is 1. The van der Waals surface area contributed by atoms with Gasteiger partial charge in [0, 0.05) is 25.2 Å². The molecule has 0 amide bonds. The summed E-state index contributed by atoms with van der Waals surface area (Å²) >= 11 is 1.64. The summed E-state index contributed by atoms with van der Waals surface area (Å²) in [5.41, 5.74) is 2.42. The van der Waals surface area contributed by atoms with Gasteiger partial charge in [-0.3, -0.25) is 4.90 Å². The summed E-state index contributed by atoms with van der Waals surface area (Å²) in [4.78, 5) is 2.49. The van der Waals surface area contributed by atoms with E-state index in [4.69, 9.17) is 0 Å². The first-order valence-electron chi connectivity index (χ1n) is 8.90. The summed E-state index contributed by atoms with van der Waals surface area (Å²) in [6, 6.07) is 13.9. The van der Waals surface area contributed by atoms with Gasteiger partial charge in [-0.05, 0) is 60.7 Å². The quantitative estimate of drug-likeness (QED) is 0.802. The molecule has 1 heterocycles. The van der Waals surface area contributed by atoms with Gasteiger partial charge in [-0.2, -0.15) is 11.3 Å². The minimum Gasteiger partial charge on any atom is -0.387 e. The van der Waals surface area contributed by atoms with Crippen LogP contribution in [0.15, 0.2) is 47.2 Å². The fourth-order valence-corrected chi connectivity index (χ4v) is 4.29. The Hall–Kier alpha value is -1.20. The van der Waals surface area contributed by atoms with Crippen molar-refractivity contribution in [1.29, 1.82) is 0 Å². The topological polar surface area (TPSA) is 35.5 Å². The maximum absolute atomic E-state index is 10.2. The first-order valence-corrected chi connectivity index (χ1v) is 9.84. The third kappa shape index (κ3) is 4.90. The summed E-state index contributed by atoms with van der Waals surface area (Å²) in [5, 5.41) is 17.8. The average molecular weight is 345 g/mol. The lowest BCUT2D eigenvalue weighted by Crippen LogP contribution is -2.41. The van der Waals surface area contributed by atoms with Crippen LogP contribution < -0.4 is 5.32 Å². The number of hydrogen-bond donors (Lipinski definition) is 2. The first kappa shape index (κ1) is 17.6. The Bertz CT molecular complexity index is 579. The minimum atomic E-state index is -0.380. The Morgan fingerprint density at radius 3 is 2.58 bits per heavy atom. The predicted molar refractivity (Wildman–Crippen MR) is 101 cm³/mol. The zero-order valence-electron chi connectivity index (χ0n) is 14.4. The second kappa shape index (κ2) is 8.77. The summed E-state index contributed by atoms with van der Waals surface area (Å²) in [7, 11) is 2.24. The molecular formula is C20H28N2OS. The molecule has 4 heteroatoms. The zero-order chi connectivity index (χ0) is 16.8. The van der Waals surface area contributed by atoms with Crippen LogP contribution in [-0.2, 0) is 6.54 Å². The van der Waals surface area contributed by atoms with Crippen molar-refractivity contribution in [2.75, 3.05) is 13.6 Å². The average Bonchev–Trinajstić information content (AvgIpc) is 3.16. The molecule has 130 valence electrons. The van der Waals surface area contributed by atoms with Crippen molar-refractivity contribution in [3.05, 3.63) is 58.3 Å². The molecule has 1 aromatic carbocycles. The van der Waals surface area contributed by atoms with Crippen LogP contribution in [0.3, 0.4) is 0 Å². The fraction of sp³-hybridized carbons (Fsp3) is 0.500. The Morgan fingerprint density at radius 1 is 1.17 bits per heavy atom. The third-order valence-corrected chi connectivity index (χ3v) is 5.82. The van der Waals surface area contributed by atoms with Crippen LogP contribution in [0.5, 0.6) is 0 Å². The van der Waals surface area contributed by atoms with E-state index < -0.39 is 0 Å². The van der Waals surface area contributed by atoms with Crippen LogP contribution in [-0.4, -0.2) is 35.7 Å². The molecule has 0 aliphatic heterocycles. The second-order valence-electron chi connectivity index (χ2n) is 6.89. The molecular weight excluding hydrogens is 316 g/mol. The van der Waals surface area contributed by atoms with Crippen LogP contribution in [0, 0.1) is 0 Å². The van der Waals surface area contributed by atoms with Crippen LogP contribution in [0.1, 0.15) is 42.9 Å². The van der Waals surface area contributed by atoms with E-state index in [2.05, 4.69) is 47.6 Å². The van der Waals surface area contributed by atoms with Gasteiger partial charge in [-0.15, -0.1) is 0 Å². The van der Waals surface area contributed by atoms with Gasteiger partial charge in [-0.1, -0.05) is 30.3 Å². The molecule has 1 aliphatic rings. The van der Waals surface area contributed by atoms with E-state index in [9.17, 15) is 5.11 Å². The highest BCUT2D eigenvalue weighted by Gasteiger charge is 2.24. The molecule has 1 saturated carbocycles. The molecule has 0 saturated heterocycles. The molecule has 1 aromatic heterocycles. The smallest absolute Gasteiger partial charge is 0.0922 e. The standard InChI is InChI=1S/C20H28N2OS/c1-22(14-16-5-3-2-4-6-16)19-9-7-18(8-10-19)21-13-20(23)17-11-12-24-15-17/h2-6,11-12,15,18-21,23H,7-10,13-14H2,1H3/t18?,19?,20-/m0/s1. The maximum Gasteiger partial charge on any atom is 0.0922 e. The number of nitrogens with one attached hydrogen (secondary N) is 1. The summed E-state index contributed by atoms with van der Waals surface area (Å²) in [6.45, 7) is 1.69. The number of hydrogen-bond acceptors (Lipinski definition) is 4.